The van der Waals surface area contributed by atoms with Crippen molar-refractivity contribution in [2.75, 3.05) is 13.2 Å². The van der Waals surface area contributed by atoms with Crippen LogP contribution in [0.3, 0.4) is 0 Å². The number of carbonyl (C=O) groups is 1. The van der Waals surface area contributed by atoms with Gasteiger partial charge in [-0.25, -0.2) is 4.39 Å². The number of nitrogens with zero attached hydrogens (tertiary/aromatic N) is 6. The van der Waals surface area contributed by atoms with Gasteiger partial charge in [-0.1, -0.05) is 22.9 Å². The lowest BCUT2D eigenvalue weighted by Crippen LogP contribution is -2.39. The number of fused-ring (bicyclic) bond motifs is 1. The summed E-state index contributed by atoms with van der Waals surface area (Å²) in [5.74, 6) is -0.147. The maximum atomic E-state index is 13.2. The van der Waals surface area contributed by atoms with Crippen molar-refractivity contribution in [2.24, 2.45) is 0 Å². The average molecular weight is 457 g/mol. The number of halogens is 5. The topological polar surface area (TPSA) is 68.8 Å². The Morgan fingerprint density at radius 3 is 2.77 bits per heavy atom. The van der Waals surface area contributed by atoms with E-state index in [-0.39, 0.29) is 18.7 Å². The Balaban J connectivity index is 1.62. The van der Waals surface area contributed by atoms with E-state index in [4.69, 9.17) is 11.6 Å². The van der Waals surface area contributed by atoms with Crippen LogP contribution in [0.4, 0.5) is 17.6 Å². The minimum absolute atomic E-state index is 0.118. The predicted molar refractivity (Wildman–Crippen MR) is 103 cm³/mol. The first kappa shape index (κ1) is 21.3. The van der Waals surface area contributed by atoms with Crippen LogP contribution in [0.2, 0.25) is 5.02 Å². The first-order valence-corrected chi connectivity index (χ1v) is 9.81. The third-order valence-corrected chi connectivity index (χ3v) is 5.61. The van der Waals surface area contributed by atoms with Crippen LogP contribution >= 0.6 is 11.6 Å². The second kappa shape index (κ2) is 7.95. The molecule has 7 nitrogen and oxygen atoms in total. The van der Waals surface area contributed by atoms with Crippen LogP contribution in [0.15, 0.2) is 30.5 Å². The Labute approximate surface area is 179 Å². The molecule has 0 N–H and O–H groups in total. The zero-order valence-electron chi connectivity index (χ0n) is 16.3. The van der Waals surface area contributed by atoms with Crippen LogP contribution in [-0.4, -0.2) is 48.8 Å². The number of aromatic nitrogens is 5. The third-order valence-electron chi connectivity index (χ3n) is 5.20. The van der Waals surface area contributed by atoms with E-state index in [1.54, 1.807) is 19.2 Å². The number of benzene rings is 1. The Hall–Kier alpha value is -2.95. The van der Waals surface area contributed by atoms with E-state index in [1.165, 1.54) is 20.3 Å². The molecule has 1 aromatic carbocycles. The molecule has 164 valence electrons. The van der Waals surface area contributed by atoms with Gasteiger partial charge in [-0.2, -0.15) is 23.0 Å². The number of hydrogen-bond acceptors (Lipinski definition) is 4. The molecular formula is C19H17ClF4N6O. The summed E-state index contributed by atoms with van der Waals surface area (Å²) in [7, 11) is 0. The number of alkyl halides is 4. The normalized spacial score (nSPS) is 16.5. The van der Waals surface area contributed by atoms with Gasteiger partial charge in [-0.05, 0) is 19.1 Å². The summed E-state index contributed by atoms with van der Waals surface area (Å²) in [6, 6.07) is 4.41. The van der Waals surface area contributed by atoms with Gasteiger partial charge in [0, 0.05) is 25.2 Å². The van der Waals surface area contributed by atoms with E-state index in [2.05, 4.69) is 15.4 Å². The van der Waals surface area contributed by atoms with Crippen molar-refractivity contribution in [3.63, 3.8) is 0 Å². The molecule has 0 fully saturated rings. The monoisotopic (exact) mass is 456 g/mol. The third kappa shape index (κ3) is 3.78. The van der Waals surface area contributed by atoms with Crippen molar-refractivity contribution >= 4 is 17.5 Å². The molecule has 0 saturated heterocycles. The quantitative estimate of drug-likeness (QED) is 0.559. The van der Waals surface area contributed by atoms with Crippen LogP contribution in [0.1, 0.15) is 40.3 Å². The largest absolute Gasteiger partial charge is 0.417 e. The predicted octanol–water partition coefficient (Wildman–Crippen LogP) is 3.87. The van der Waals surface area contributed by atoms with Crippen molar-refractivity contribution in [1.29, 1.82) is 0 Å². The first-order valence-electron chi connectivity index (χ1n) is 9.43. The van der Waals surface area contributed by atoms with E-state index in [1.807, 2.05) is 0 Å². The summed E-state index contributed by atoms with van der Waals surface area (Å²) >= 11 is 5.93. The van der Waals surface area contributed by atoms with Crippen LogP contribution in [0, 0.1) is 0 Å². The Morgan fingerprint density at radius 2 is 2.06 bits per heavy atom. The SMILES string of the molecule is CC1c2nnn(-c3ccn(CCF)n3)c2CCN1C(=O)c1cccc(C(F)(F)F)c1Cl. The van der Waals surface area contributed by atoms with Crippen molar-refractivity contribution in [3.8, 4) is 5.82 Å². The molecule has 12 heteroatoms. The highest BCUT2D eigenvalue weighted by molar-refractivity contribution is 6.34. The molecule has 3 aromatic rings. The van der Waals surface area contributed by atoms with E-state index in [0.29, 0.717) is 17.9 Å². The molecule has 0 spiro atoms. The summed E-state index contributed by atoms with van der Waals surface area (Å²) in [5.41, 5.74) is -0.0238. The zero-order valence-corrected chi connectivity index (χ0v) is 17.0. The number of carbonyl (C=O) groups excluding carboxylic acids is 1. The second-order valence-electron chi connectivity index (χ2n) is 7.05. The van der Waals surface area contributed by atoms with E-state index >= 15 is 0 Å². The molecule has 0 radical (unpaired) electrons. The van der Waals surface area contributed by atoms with E-state index < -0.39 is 35.4 Å². The van der Waals surface area contributed by atoms with Crippen molar-refractivity contribution in [2.45, 2.75) is 32.1 Å². The van der Waals surface area contributed by atoms with Gasteiger partial charge in [0.2, 0.25) is 0 Å². The summed E-state index contributed by atoms with van der Waals surface area (Å²) in [6.45, 7) is 1.52. The van der Waals surface area contributed by atoms with Gasteiger partial charge < -0.3 is 4.90 Å². The first-order chi connectivity index (χ1) is 14.7. The van der Waals surface area contributed by atoms with Crippen LogP contribution in [0.25, 0.3) is 5.82 Å². The summed E-state index contributed by atoms with van der Waals surface area (Å²) < 4.78 is 55.0. The average Bonchev–Trinajstić information content (AvgIpc) is 3.34. The molecule has 1 amide bonds. The van der Waals surface area contributed by atoms with Gasteiger partial charge in [0.1, 0.15) is 12.4 Å². The van der Waals surface area contributed by atoms with Gasteiger partial charge in [-0.15, -0.1) is 5.10 Å². The minimum Gasteiger partial charge on any atom is -0.330 e. The van der Waals surface area contributed by atoms with Gasteiger partial charge in [-0.3, -0.25) is 9.48 Å². The number of hydrogen-bond donors (Lipinski definition) is 0. The number of amides is 1. The lowest BCUT2D eigenvalue weighted by atomic mass is 10.0. The Morgan fingerprint density at radius 1 is 1.29 bits per heavy atom. The van der Waals surface area contributed by atoms with Gasteiger partial charge in [0.05, 0.1) is 34.4 Å². The molecule has 0 aliphatic carbocycles. The molecular weight excluding hydrogens is 440 g/mol. The Bertz CT molecular complexity index is 1130. The highest BCUT2D eigenvalue weighted by Gasteiger charge is 2.37. The Kier molecular flexibility index (Phi) is 5.46. The molecule has 1 unspecified atom stereocenters. The van der Waals surface area contributed by atoms with Gasteiger partial charge in [0.15, 0.2) is 5.82 Å². The van der Waals surface area contributed by atoms with Crippen molar-refractivity contribution in [3.05, 3.63) is 58.0 Å². The summed E-state index contributed by atoms with van der Waals surface area (Å²) in [4.78, 5) is 14.5. The standard InChI is InChI=1S/C19H17ClF4N6O/c1-11-17-14(30(27-25-17)15-6-8-28(26-15)10-7-21)5-9-29(11)18(31)12-3-2-4-13(16(12)20)19(22,23)24/h2-4,6,8,11H,5,7,9-10H2,1H3. The molecule has 4 rings (SSSR count). The fourth-order valence-electron chi connectivity index (χ4n) is 3.65. The molecule has 0 bridgehead atoms. The lowest BCUT2D eigenvalue weighted by Gasteiger charge is -2.33. The van der Waals surface area contributed by atoms with Gasteiger partial charge >= 0.3 is 6.18 Å². The molecule has 0 saturated carbocycles. The van der Waals surface area contributed by atoms with E-state index in [9.17, 15) is 22.4 Å². The molecule has 3 heterocycles. The molecule has 31 heavy (non-hydrogen) atoms. The molecule has 1 aliphatic heterocycles. The molecule has 2 aromatic heterocycles. The van der Waals surface area contributed by atoms with Crippen molar-refractivity contribution < 1.29 is 22.4 Å². The maximum absolute atomic E-state index is 13.2. The second-order valence-corrected chi connectivity index (χ2v) is 7.43. The van der Waals surface area contributed by atoms with Crippen molar-refractivity contribution in [1.82, 2.24) is 29.7 Å². The lowest BCUT2D eigenvalue weighted by molar-refractivity contribution is -0.137. The number of aryl methyl sites for hydroxylation is 1. The van der Waals surface area contributed by atoms with E-state index in [0.717, 1.165) is 17.8 Å². The van der Waals surface area contributed by atoms with Crippen LogP contribution in [0.5, 0.6) is 0 Å². The fraction of sp³-hybridized carbons (Fsp3) is 0.368. The maximum Gasteiger partial charge on any atom is 0.417 e. The smallest absolute Gasteiger partial charge is 0.330 e. The summed E-state index contributed by atoms with van der Waals surface area (Å²) in [5, 5.41) is 11.9. The highest BCUT2D eigenvalue weighted by Crippen LogP contribution is 2.38. The molecule has 1 aliphatic rings. The fourth-order valence-corrected chi connectivity index (χ4v) is 3.96. The highest BCUT2D eigenvalue weighted by atomic mass is 35.5. The molecule has 1 atom stereocenters. The summed E-state index contributed by atoms with van der Waals surface area (Å²) in [6.07, 6.45) is -2.67. The van der Waals surface area contributed by atoms with Crippen LogP contribution in [-0.2, 0) is 19.1 Å². The van der Waals surface area contributed by atoms with Gasteiger partial charge in [0.25, 0.3) is 5.91 Å². The minimum atomic E-state index is -4.66. The number of rotatable bonds is 4. The van der Waals surface area contributed by atoms with Crippen LogP contribution < -0.4 is 0 Å². The zero-order chi connectivity index (χ0) is 22.3.